The van der Waals surface area contributed by atoms with Gasteiger partial charge in [0.1, 0.15) is 0 Å². The van der Waals surface area contributed by atoms with Gasteiger partial charge >= 0.3 is 0 Å². The molecule has 0 spiro atoms. The van der Waals surface area contributed by atoms with Crippen molar-refractivity contribution in [1.29, 1.82) is 0 Å². The van der Waals surface area contributed by atoms with Crippen molar-refractivity contribution in [3.05, 3.63) is 65.7 Å². The van der Waals surface area contributed by atoms with Crippen molar-refractivity contribution in [3.8, 4) is 0 Å². The lowest BCUT2D eigenvalue weighted by atomic mass is 10.1. The molecule has 1 amide bonds. The maximum absolute atomic E-state index is 12.4. The highest BCUT2D eigenvalue weighted by Gasteiger charge is 2.20. The third kappa shape index (κ3) is 5.15. The second-order valence-electron chi connectivity index (χ2n) is 6.62. The van der Waals surface area contributed by atoms with Gasteiger partial charge in [0.15, 0.2) is 0 Å². The van der Waals surface area contributed by atoms with Gasteiger partial charge in [0, 0.05) is 18.7 Å². The van der Waals surface area contributed by atoms with E-state index in [2.05, 4.69) is 10.0 Å². The molecule has 1 aliphatic heterocycles. The average Bonchev–Trinajstić information content (AvgIpc) is 3.21. The summed E-state index contributed by atoms with van der Waals surface area (Å²) in [6, 6.07) is 15.4. The van der Waals surface area contributed by atoms with Gasteiger partial charge in [-0.2, -0.15) is 0 Å². The quantitative estimate of drug-likeness (QED) is 0.764. The summed E-state index contributed by atoms with van der Waals surface area (Å²) >= 11 is 0. The monoisotopic (exact) mass is 388 g/mol. The summed E-state index contributed by atoms with van der Waals surface area (Å²) in [4.78, 5) is 12.5. The molecule has 1 heterocycles. The first-order valence-electron chi connectivity index (χ1n) is 9.03. The minimum Gasteiger partial charge on any atom is -0.377 e. The van der Waals surface area contributed by atoms with Crippen molar-refractivity contribution >= 4 is 15.9 Å². The molecule has 0 bridgehead atoms. The average molecular weight is 388 g/mol. The maximum Gasteiger partial charge on any atom is 0.251 e. The second kappa shape index (κ2) is 8.65. The number of hydrogen-bond acceptors (Lipinski definition) is 4. The molecule has 2 aromatic carbocycles. The zero-order valence-electron chi connectivity index (χ0n) is 15.2. The van der Waals surface area contributed by atoms with E-state index in [0.717, 1.165) is 18.4 Å². The molecule has 0 aromatic heterocycles. The summed E-state index contributed by atoms with van der Waals surface area (Å²) in [7, 11) is -3.62. The van der Waals surface area contributed by atoms with Crippen molar-refractivity contribution in [3.63, 3.8) is 0 Å². The van der Waals surface area contributed by atoms with Crippen LogP contribution in [0.1, 0.15) is 41.7 Å². The molecule has 7 heteroatoms. The van der Waals surface area contributed by atoms with Gasteiger partial charge in [-0.1, -0.05) is 30.3 Å². The van der Waals surface area contributed by atoms with Gasteiger partial charge in [0.2, 0.25) is 10.0 Å². The van der Waals surface area contributed by atoms with Gasteiger partial charge in [-0.3, -0.25) is 4.79 Å². The van der Waals surface area contributed by atoms with E-state index in [9.17, 15) is 13.2 Å². The fourth-order valence-electron chi connectivity index (χ4n) is 2.98. The molecule has 2 atom stereocenters. The summed E-state index contributed by atoms with van der Waals surface area (Å²) in [6.45, 7) is 2.85. The van der Waals surface area contributed by atoms with Crippen LogP contribution < -0.4 is 10.0 Å². The number of carbonyl (C=O) groups is 1. The van der Waals surface area contributed by atoms with Crippen LogP contribution in [0.2, 0.25) is 0 Å². The zero-order chi connectivity index (χ0) is 19.3. The molecule has 2 aromatic rings. The van der Waals surface area contributed by atoms with E-state index in [4.69, 9.17) is 4.74 Å². The molecule has 0 saturated carbocycles. The predicted octanol–water partition coefficient (Wildman–Crippen LogP) is 2.63. The molecule has 0 unspecified atom stereocenters. The van der Waals surface area contributed by atoms with Gasteiger partial charge in [0.25, 0.3) is 5.91 Å². The number of amides is 1. The van der Waals surface area contributed by atoms with Gasteiger partial charge in [-0.15, -0.1) is 0 Å². The van der Waals surface area contributed by atoms with Crippen LogP contribution in [-0.4, -0.2) is 33.6 Å². The number of hydrogen-bond donors (Lipinski definition) is 2. The predicted molar refractivity (Wildman–Crippen MR) is 103 cm³/mol. The van der Waals surface area contributed by atoms with Crippen LogP contribution in [0.25, 0.3) is 0 Å². The molecule has 1 aliphatic rings. The van der Waals surface area contributed by atoms with Crippen molar-refractivity contribution in [2.75, 3.05) is 13.2 Å². The first-order valence-corrected chi connectivity index (χ1v) is 10.5. The van der Waals surface area contributed by atoms with Gasteiger partial charge < -0.3 is 10.1 Å². The zero-order valence-corrected chi connectivity index (χ0v) is 16.0. The molecule has 2 N–H and O–H groups in total. The van der Waals surface area contributed by atoms with Crippen molar-refractivity contribution in [2.24, 2.45) is 0 Å². The summed E-state index contributed by atoms with van der Waals surface area (Å²) in [5.74, 6) is -0.248. The molecule has 1 fully saturated rings. The Balaban J connectivity index is 1.61. The maximum atomic E-state index is 12.4. The van der Waals surface area contributed by atoms with E-state index >= 15 is 0 Å². The number of ether oxygens (including phenoxy) is 1. The summed E-state index contributed by atoms with van der Waals surface area (Å²) in [5, 5.41) is 2.91. The molecule has 1 saturated heterocycles. The van der Waals surface area contributed by atoms with Crippen LogP contribution in [0.15, 0.2) is 59.5 Å². The molecule has 0 radical (unpaired) electrons. The fourth-order valence-corrected chi connectivity index (χ4v) is 4.05. The second-order valence-corrected chi connectivity index (χ2v) is 8.38. The smallest absolute Gasteiger partial charge is 0.251 e. The standard InChI is InChI=1S/C20H24N2O4S/c1-15(16-6-3-2-4-7-16)22-20(23)17-9-11-19(12-10-17)27(24,25)21-14-18-8-5-13-26-18/h2-4,6-7,9-12,15,18,21H,5,8,13-14H2,1H3,(H,22,23)/t15-,18+/m0/s1. The van der Waals surface area contributed by atoms with E-state index in [-0.39, 0.29) is 29.5 Å². The molecule has 0 aliphatic carbocycles. The van der Waals surface area contributed by atoms with Crippen molar-refractivity contribution in [1.82, 2.24) is 10.0 Å². The number of rotatable bonds is 7. The Morgan fingerprint density at radius 2 is 1.85 bits per heavy atom. The van der Waals surface area contributed by atoms with Gasteiger partial charge in [-0.05, 0) is 49.6 Å². The Morgan fingerprint density at radius 1 is 1.15 bits per heavy atom. The van der Waals surface area contributed by atoms with Crippen molar-refractivity contribution in [2.45, 2.75) is 36.8 Å². The minimum atomic E-state index is -3.62. The first kappa shape index (κ1) is 19.5. The van der Waals surface area contributed by atoms with Crippen LogP contribution in [0.4, 0.5) is 0 Å². The Labute approximate surface area is 160 Å². The van der Waals surface area contributed by atoms with E-state index in [0.29, 0.717) is 12.2 Å². The van der Waals surface area contributed by atoms with Crippen LogP contribution in [-0.2, 0) is 14.8 Å². The normalized spacial score (nSPS) is 18.2. The third-order valence-corrected chi connectivity index (χ3v) is 6.04. The summed E-state index contributed by atoms with van der Waals surface area (Å²) in [5.41, 5.74) is 1.42. The molecule has 144 valence electrons. The first-order chi connectivity index (χ1) is 13.0. The molecular formula is C20H24N2O4S. The number of carbonyl (C=O) groups excluding carboxylic acids is 1. The van der Waals surface area contributed by atoms with Crippen LogP contribution in [0.3, 0.4) is 0 Å². The van der Waals surface area contributed by atoms with E-state index in [1.165, 1.54) is 24.3 Å². The lowest BCUT2D eigenvalue weighted by Crippen LogP contribution is -2.32. The Morgan fingerprint density at radius 3 is 2.48 bits per heavy atom. The number of nitrogens with one attached hydrogen (secondary N) is 2. The highest BCUT2D eigenvalue weighted by molar-refractivity contribution is 7.89. The van der Waals surface area contributed by atoms with Crippen molar-refractivity contribution < 1.29 is 17.9 Å². The van der Waals surface area contributed by atoms with Crippen LogP contribution >= 0.6 is 0 Å². The molecule has 27 heavy (non-hydrogen) atoms. The third-order valence-electron chi connectivity index (χ3n) is 4.60. The molecule has 6 nitrogen and oxygen atoms in total. The fraction of sp³-hybridized carbons (Fsp3) is 0.350. The van der Waals surface area contributed by atoms with E-state index in [1.54, 1.807) is 0 Å². The topological polar surface area (TPSA) is 84.5 Å². The highest BCUT2D eigenvalue weighted by Crippen LogP contribution is 2.16. The number of sulfonamides is 1. The minimum absolute atomic E-state index is 0.0655. The molecular weight excluding hydrogens is 364 g/mol. The Kier molecular flexibility index (Phi) is 6.26. The highest BCUT2D eigenvalue weighted by atomic mass is 32.2. The van der Waals surface area contributed by atoms with Gasteiger partial charge in [0.05, 0.1) is 17.0 Å². The van der Waals surface area contributed by atoms with E-state index < -0.39 is 10.0 Å². The summed E-state index contributed by atoms with van der Waals surface area (Å²) in [6.07, 6.45) is 1.75. The van der Waals surface area contributed by atoms with Gasteiger partial charge in [-0.25, -0.2) is 13.1 Å². The van der Waals surface area contributed by atoms with Crippen LogP contribution in [0.5, 0.6) is 0 Å². The lowest BCUT2D eigenvalue weighted by molar-refractivity contribution is 0.0939. The SMILES string of the molecule is C[C@H](NC(=O)c1ccc(S(=O)(=O)NC[C@H]2CCCO2)cc1)c1ccccc1. The summed E-state index contributed by atoms with van der Waals surface area (Å²) < 4.78 is 32.7. The molecule has 3 rings (SSSR count). The number of benzene rings is 2. The Bertz CT molecular complexity index is 861. The van der Waals surface area contributed by atoms with E-state index in [1.807, 2.05) is 37.3 Å². The van der Waals surface area contributed by atoms with Crippen LogP contribution in [0, 0.1) is 0 Å². The largest absolute Gasteiger partial charge is 0.377 e. The Hall–Kier alpha value is -2.22. The lowest BCUT2D eigenvalue weighted by Gasteiger charge is -2.15.